The molecule has 2 fully saturated rings. The molecule has 2 aliphatic heterocycles. The zero-order valence-electron chi connectivity index (χ0n) is 19.9. The SMILES string of the molecule is CCN(CC1CCN(C(=O)N2CCCCC2CO)CC1)C(C)Cc1cccc(C(F)(F)F)c1. The molecule has 2 heterocycles. The quantitative estimate of drug-likeness (QED) is 0.633. The van der Waals surface area contributed by atoms with E-state index in [-0.39, 0.29) is 24.7 Å². The van der Waals surface area contributed by atoms with Crippen LogP contribution in [-0.2, 0) is 12.6 Å². The number of likely N-dealkylation sites (N-methyl/N-ethyl adjacent to an activating group) is 1. The second-order valence-electron chi connectivity index (χ2n) is 9.58. The number of piperidine rings is 2. The summed E-state index contributed by atoms with van der Waals surface area (Å²) >= 11 is 0. The average molecular weight is 470 g/mol. The Labute approximate surface area is 195 Å². The maximum atomic E-state index is 13.0. The van der Waals surface area contributed by atoms with E-state index in [0.29, 0.717) is 17.9 Å². The lowest BCUT2D eigenvalue weighted by Gasteiger charge is -2.41. The smallest absolute Gasteiger partial charge is 0.394 e. The number of amides is 2. The maximum Gasteiger partial charge on any atom is 0.416 e. The fourth-order valence-corrected chi connectivity index (χ4v) is 5.23. The molecule has 5 nitrogen and oxygen atoms in total. The van der Waals surface area contributed by atoms with Gasteiger partial charge in [-0.3, -0.25) is 0 Å². The Morgan fingerprint density at radius 1 is 1.18 bits per heavy atom. The van der Waals surface area contributed by atoms with Crippen molar-refractivity contribution in [2.24, 2.45) is 5.92 Å². The third-order valence-corrected chi connectivity index (χ3v) is 7.28. The molecule has 3 rings (SSSR count). The molecule has 0 radical (unpaired) electrons. The number of rotatable bonds is 7. The number of aliphatic hydroxyl groups is 1. The zero-order chi connectivity index (χ0) is 24.0. The number of hydrogen-bond donors (Lipinski definition) is 1. The Morgan fingerprint density at radius 2 is 1.91 bits per heavy atom. The van der Waals surface area contributed by atoms with Crippen LogP contribution in [0.25, 0.3) is 0 Å². The molecule has 0 saturated carbocycles. The lowest BCUT2D eigenvalue weighted by atomic mass is 9.94. The van der Waals surface area contributed by atoms with Gasteiger partial charge in [-0.15, -0.1) is 0 Å². The molecular formula is C25H38F3N3O2. The monoisotopic (exact) mass is 469 g/mol. The van der Waals surface area contributed by atoms with E-state index in [0.717, 1.165) is 70.9 Å². The van der Waals surface area contributed by atoms with E-state index < -0.39 is 11.7 Å². The van der Waals surface area contributed by atoms with Gasteiger partial charge in [0.2, 0.25) is 0 Å². The lowest BCUT2D eigenvalue weighted by molar-refractivity contribution is -0.137. The summed E-state index contributed by atoms with van der Waals surface area (Å²) in [6.45, 7) is 8.08. The van der Waals surface area contributed by atoms with Crippen LogP contribution in [0.1, 0.15) is 57.1 Å². The number of benzene rings is 1. The molecule has 1 N–H and O–H groups in total. The van der Waals surface area contributed by atoms with E-state index in [1.165, 1.54) is 12.1 Å². The minimum absolute atomic E-state index is 0.0252. The van der Waals surface area contributed by atoms with Gasteiger partial charge in [-0.2, -0.15) is 13.2 Å². The Morgan fingerprint density at radius 3 is 2.55 bits per heavy atom. The molecule has 2 atom stereocenters. The first kappa shape index (κ1) is 25.8. The predicted molar refractivity (Wildman–Crippen MR) is 123 cm³/mol. The van der Waals surface area contributed by atoms with Crippen LogP contribution in [0.4, 0.5) is 18.0 Å². The van der Waals surface area contributed by atoms with E-state index in [1.54, 1.807) is 6.07 Å². The highest BCUT2D eigenvalue weighted by Gasteiger charge is 2.33. The van der Waals surface area contributed by atoms with Crippen molar-refractivity contribution in [2.75, 3.05) is 39.3 Å². The van der Waals surface area contributed by atoms with Crippen molar-refractivity contribution in [1.29, 1.82) is 0 Å². The fraction of sp³-hybridized carbons (Fsp3) is 0.720. The second-order valence-corrected chi connectivity index (χ2v) is 9.58. The molecule has 0 bridgehead atoms. The number of halogens is 3. The molecule has 1 aromatic carbocycles. The number of carbonyl (C=O) groups excluding carboxylic acids is 1. The summed E-state index contributed by atoms with van der Waals surface area (Å²) in [5.74, 6) is 0.466. The summed E-state index contributed by atoms with van der Waals surface area (Å²) < 4.78 is 39.1. The number of alkyl halides is 3. The van der Waals surface area contributed by atoms with Crippen LogP contribution in [0.15, 0.2) is 24.3 Å². The van der Waals surface area contributed by atoms with Crippen molar-refractivity contribution in [3.8, 4) is 0 Å². The van der Waals surface area contributed by atoms with Gasteiger partial charge in [0.05, 0.1) is 18.2 Å². The van der Waals surface area contributed by atoms with Crippen molar-refractivity contribution >= 4 is 6.03 Å². The Kier molecular flexibility index (Phi) is 9.04. The number of nitrogens with zero attached hydrogens (tertiary/aromatic N) is 3. The molecule has 0 aromatic heterocycles. The van der Waals surface area contributed by atoms with Gasteiger partial charge in [-0.25, -0.2) is 4.79 Å². The van der Waals surface area contributed by atoms with Crippen LogP contribution in [0.2, 0.25) is 0 Å². The highest BCUT2D eigenvalue weighted by atomic mass is 19.4. The van der Waals surface area contributed by atoms with Crippen molar-refractivity contribution in [3.63, 3.8) is 0 Å². The van der Waals surface area contributed by atoms with E-state index in [4.69, 9.17) is 0 Å². The van der Waals surface area contributed by atoms with Crippen LogP contribution in [0.3, 0.4) is 0 Å². The van der Waals surface area contributed by atoms with Gasteiger partial charge in [0.25, 0.3) is 0 Å². The van der Waals surface area contributed by atoms with Crippen molar-refractivity contribution in [3.05, 3.63) is 35.4 Å². The number of likely N-dealkylation sites (tertiary alicyclic amines) is 2. The molecule has 186 valence electrons. The number of aliphatic hydroxyl groups excluding tert-OH is 1. The summed E-state index contributed by atoms with van der Waals surface area (Å²) in [6.07, 6.45) is 1.03. The van der Waals surface area contributed by atoms with E-state index in [1.807, 2.05) is 9.80 Å². The van der Waals surface area contributed by atoms with Gasteiger partial charge < -0.3 is 19.8 Å². The third kappa shape index (κ3) is 6.85. The van der Waals surface area contributed by atoms with Crippen molar-refractivity contribution < 1.29 is 23.1 Å². The zero-order valence-corrected chi connectivity index (χ0v) is 19.9. The minimum Gasteiger partial charge on any atom is -0.394 e. The molecule has 0 spiro atoms. The molecule has 2 aliphatic rings. The van der Waals surface area contributed by atoms with Crippen LogP contribution >= 0.6 is 0 Å². The Hall–Kier alpha value is -1.80. The molecule has 0 aliphatic carbocycles. The first-order chi connectivity index (χ1) is 15.7. The van der Waals surface area contributed by atoms with E-state index in [2.05, 4.69) is 18.7 Å². The summed E-state index contributed by atoms with van der Waals surface area (Å²) in [7, 11) is 0. The summed E-state index contributed by atoms with van der Waals surface area (Å²) in [4.78, 5) is 19.1. The molecule has 2 amide bonds. The summed E-state index contributed by atoms with van der Waals surface area (Å²) in [6, 6.07) is 5.76. The molecule has 2 unspecified atom stereocenters. The van der Waals surface area contributed by atoms with Crippen LogP contribution in [-0.4, -0.2) is 77.3 Å². The number of carbonyl (C=O) groups is 1. The standard InChI is InChI=1S/C25H38F3N3O2/c1-3-29(19(2)15-21-7-6-8-22(16-21)25(26,27)28)17-20-10-13-30(14-11-20)24(33)31-12-5-4-9-23(31)18-32/h6-8,16,19-20,23,32H,3-5,9-15,17-18H2,1-2H3. The largest absolute Gasteiger partial charge is 0.416 e. The number of hydrogen-bond acceptors (Lipinski definition) is 3. The van der Waals surface area contributed by atoms with Gasteiger partial charge in [-0.1, -0.05) is 25.1 Å². The van der Waals surface area contributed by atoms with Gasteiger partial charge in [-0.05, 0) is 69.5 Å². The highest BCUT2D eigenvalue weighted by Crippen LogP contribution is 2.30. The summed E-state index contributed by atoms with van der Waals surface area (Å²) in [5, 5.41) is 9.62. The van der Waals surface area contributed by atoms with E-state index in [9.17, 15) is 23.1 Å². The van der Waals surface area contributed by atoms with Crippen LogP contribution < -0.4 is 0 Å². The first-order valence-corrected chi connectivity index (χ1v) is 12.3. The highest BCUT2D eigenvalue weighted by molar-refractivity contribution is 5.75. The Balaban J connectivity index is 1.51. The van der Waals surface area contributed by atoms with Gasteiger partial charge >= 0.3 is 12.2 Å². The lowest BCUT2D eigenvalue weighted by Crippen LogP contribution is -2.53. The maximum absolute atomic E-state index is 13.0. The van der Waals surface area contributed by atoms with Gasteiger partial charge in [0, 0.05) is 32.2 Å². The van der Waals surface area contributed by atoms with Crippen LogP contribution in [0, 0.1) is 5.92 Å². The number of urea groups is 1. The predicted octanol–water partition coefficient (Wildman–Crippen LogP) is 4.64. The fourth-order valence-electron chi connectivity index (χ4n) is 5.23. The van der Waals surface area contributed by atoms with Gasteiger partial charge in [0.1, 0.15) is 0 Å². The minimum atomic E-state index is -4.32. The topological polar surface area (TPSA) is 47.0 Å². The second kappa shape index (κ2) is 11.6. The van der Waals surface area contributed by atoms with Crippen molar-refractivity contribution in [1.82, 2.24) is 14.7 Å². The molecular weight excluding hydrogens is 431 g/mol. The third-order valence-electron chi connectivity index (χ3n) is 7.28. The van der Waals surface area contributed by atoms with Crippen LogP contribution in [0.5, 0.6) is 0 Å². The molecule has 2 saturated heterocycles. The van der Waals surface area contributed by atoms with E-state index >= 15 is 0 Å². The first-order valence-electron chi connectivity index (χ1n) is 12.3. The molecule has 1 aromatic rings. The summed E-state index contributed by atoms with van der Waals surface area (Å²) in [5.41, 5.74) is 0.112. The van der Waals surface area contributed by atoms with Crippen molar-refractivity contribution in [2.45, 2.75) is 70.6 Å². The Bertz CT molecular complexity index is 766. The molecule has 33 heavy (non-hydrogen) atoms. The van der Waals surface area contributed by atoms with Gasteiger partial charge in [0.15, 0.2) is 0 Å². The molecule has 8 heteroatoms. The normalized spacial score (nSPS) is 21.5. The average Bonchev–Trinajstić information content (AvgIpc) is 2.82.